The van der Waals surface area contributed by atoms with Crippen LogP contribution >= 0.6 is 11.6 Å². The van der Waals surface area contributed by atoms with E-state index in [4.69, 9.17) is 16.3 Å². The first-order chi connectivity index (χ1) is 6.33. The molecule has 0 aliphatic heterocycles. The van der Waals surface area contributed by atoms with E-state index in [1.54, 1.807) is 24.3 Å². The number of carbonyl (C=O) groups excluding carboxylic acids is 1. The van der Waals surface area contributed by atoms with Crippen molar-refractivity contribution in [3.63, 3.8) is 0 Å². The number of esters is 1. The molecule has 0 aromatic heterocycles. The lowest BCUT2D eigenvalue weighted by atomic mass is 10.3. The van der Waals surface area contributed by atoms with E-state index >= 15 is 0 Å². The van der Waals surface area contributed by atoms with Gasteiger partial charge in [0.05, 0.1) is 0 Å². The summed E-state index contributed by atoms with van der Waals surface area (Å²) < 4.78 is 4.79. The van der Waals surface area contributed by atoms with Crippen LogP contribution in [0.5, 0.6) is 5.75 Å². The summed E-state index contributed by atoms with van der Waals surface area (Å²) in [6.07, 6.45) is 0. The second-order valence-electron chi connectivity index (χ2n) is 1.92. The first kappa shape index (κ1) is 12.0. The molecule has 0 bridgehead atoms. The van der Waals surface area contributed by atoms with E-state index in [1.165, 1.54) is 0 Å². The molecule has 1 rings (SSSR count). The normalized spacial score (nSPS) is 8.23. The van der Waals surface area contributed by atoms with E-state index in [-0.39, 0.29) is 5.88 Å². The number of benzene rings is 1. The van der Waals surface area contributed by atoms with Gasteiger partial charge < -0.3 is 4.74 Å². The number of halogens is 1. The predicted octanol–water partition coefficient (Wildman–Crippen LogP) is 2.86. The van der Waals surface area contributed by atoms with Gasteiger partial charge in [0.15, 0.2) is 0 Å². The second-order valence-corrected chi connectivity index (χ2v) is 2.19. The highest BCUT2D eigenvalue weighted by Crippen LogP contribution is 2.08. The zero-order valence-corrected chi connectivity index (χ0v) is 8.54. The maximum atomic E-state index is 10.6. The molecule has 0 fully saturated rings. The van der Waals surface area contributed by atoms with Gasteiger partial charge in [-0.05, 0) is 12.1 Å². The maximum Gasteiger partial charge on any atom is 0.326 e. The molecule has 0 amide bonds. The van der Waals surface area contributed by atoms with Crippen molar-refractivity contribution in [3.8, 4) is 5.75 Å². The van der Waals surface area contributed by atoms with Crippen LogP contribution < -0.4 is 4.74 Å². The molecule has 1 aromatic carbocycles. The number of ether oxygens (including phenoxy) is 1. The monoisotopic (exact) mass is 200 g/mol. The van der Waals surface area contributed by atoms with E-state index in [0.29, 0.717) is 5.75 Å². The van der Waals surface area contributed by atoms with Gasteiger partial charge in [-0.15, -0.1) is 11.6 Å². The van der Waals surface area contributed by atoms with Crippen molar-refractivity contribution in [2.45, 2.75) is 13.8 Å². The second kappa shape index (κ2) is 7.62. The Balaban J connectivity index is 0.000000671. The Bertz CT molecular complexity index is 234. The van der Waals surface area contributed by atoms with Crippen molar-refractivity contribution < 1.29 is 9.53 Å². The highest BCUT2D eigenvalue weighted by atomic mass is 35.5. The van der Waals surface area contributed by atoms with Crippen molar-refractivity contribution in [1.29, 1.82) is 0 Å². The lowest BCUT2D eigenvalue weighted by Crippen LogP contribution is -2.08. The average Bonchev–Trinajstić information content (AvgIpc) is 2.22. The van der Waals surface area contributed by atoms with E-state index in [2.05, 4.69) is 0 Å². The molecule has 0 saturated carbocycles. The molecule has 0 aliphatic carbocycles. The van der Waals surface area contributed by atoms with Crippen molar-refractivity contribution in [1.82, 2.24) is 0 Å². The van der Waals surface area contributed by atoms with Crippen molar-refractivity contribution in [2.24, 2.45) is 0 Å². The standard InChI is InChI=1S/C8H7ClO2.C2H6/c9-6-8(10)11-7-4-2-1-3-5-7;1-2/h1-5H,6H2;1-2H3. The summed E-state index contributed by atoms with van der Waals surface area (Å²) in [6.45, 7) is 4.00. The minimum absolute atomic E-state index is 0.116. The van der Waals surface area contributed by atoms with Crippen LogP contribution in [0.4, 0.5) is 0 Å². The van der Waals surface area contributed by atoms with E-state index in [1.807, 2.05) is 19.9 Å². The van der Waals surface area contributed by atoms with Gasteiger partial charge in [0.25, 0.3) is 0 Å². The summed E-state index contributed by atoms with van der Waals surface area (Å²) in [5.41, 5.74) is 0. The number of rotatable bonds is 2. The number of carbonyl (C=O) groups is 1. The predicted molar refractivity (Wildman–Crippen MR) is 54.1 cm³/mol. The molecular formula is C10H13ClO2. The average molecular weight is 201 g/mol. The highest BCUT2D eigenvalue weighted by Gasteiger charge is 1.99. The lowest BCUT2D eigenvalue weighted by molar-refractivity contribution is -0.131. The van der Waals surface area contributed by atoms with E-state index in [9.17, 15) is 4.79 Å². The van der Waals surface area contributed by atoms with E-state index < -0.39 is 5.97 Å². The Kier molecular flexibility index (Phi) is 7.02. The van der Waals surface area contributed by atoms with Gasteiger partial charge in [0.1, 0.15) is 11.6 Å². The van der Waals surface area contributed by atoms with Crippen molar-refractivity contribution in [3.05, 3.63) is 30.3 Å². The van der Waals surface area contributed by atoms with Crippen LogP contribution in [0.3, 0.4) is 0 Å². The molecular weight excluding hydrogens is 188 g/mol. The third kappa shape index (κ3) is 5.26. The molecule has 2 nitrogen and oxygen atoms in total. The number of hydrogen-bond acceptors (Lipinski definition) is 2. The van der Waals surface area contributed by atoms with Gasteiger partial charge >= 0.3 is 5.97 Å². The molecule has 0 unspecified atom stereocenters. The molecule has 0 saturated heterocycles. The van der Waals surface area contributed by atoms with E-state index in [0.717, 1.165) is 0 Å². The Morgan fingerprint density at radius 2 is 1.85 bits per heavy atom. The summed E-state index contributed by atoms with van der Waals surface area (Å²) in [4.78, 5) is 10.6. The first-order valence-electron chi connectivity index (χ1n) is 4.14. The Morgan fingerprint density at radius 1 is 1.31 bits per heavy atom. The molecule has 0 radical (unpaired) electrons. The SMILES string of the molecule is CC.O=C(CCl)Oc1ccccc1. The summed E-state index contributed by atoms with van der Waals surface area (Å²) in [6, 6.07) is 8.82. The summed E-state index contributed by atoms with van der Waals surface area (Å²) in [5.74, 6) is -0.0226. The first-order valence-corrected chi connectivity index (χ1v) is 4.68. The molecule has 0 atom stereocenters. The lowest BCUT2D eigenvalue weighted by Gasteiger charge is -1.99. The molecule has 0 spiro atoms. The molecule has 13 heavy (non-hydrogen) atoms. The van der Waals surface area contributed by atoms with Crippen LogP contribution in [0, 0.1) is 0 Å². The van der Waals surface area contributed by atoms with Crippen molar-refractivity contribution >= 4 is 17.6 Å². The van der Waals surface area contributed by atoms with Crippen molar-refractivity contribution in [2.75, 3.05) is 5.88 Å². The van der Waals surface area contributed by atoms with Gasteiger partial charge in [-0.3, -0.25) is 4.79 Å². The Morgan fingerprint density at radius 3 is 2.31 bits per heavy atom. The minimum atomic E-state index is -0.433. The van der Waals surface area contributed by atoms with Crippen LogP contribution in [-0.2, 0) is 4.79 Å². The maximum absolute atomic E-state index is 10.6. The number of para-hydroxylation sites is 1. The van der Waals surface area contributed by atoms with Crippen LogP contribution in [-0.4, -0.2) is 11.8 Å². The summed E-state index contributed by atoms with van der Waals surface area (Å²) >= 11 is 5.23. The van der Waals surface area contributed by atoms with Gasteiger partial charge in [0.2, 0.25) is 0 Å². The van der Waals surface area contributed by atoms with Crippen LogP contribution in [0.2, 0.25) is 0 Å². The fourth-order valence-corrected chi connectivity index (χ4v) is 0.702. The Labute approximate surface area is 83.5 Å². The van der Waals surface area contributed by atoms with Crippen LogP contribution in [0.15, 0.2) is 30.3 Å². The third-order valence-corrected chi connectivity index (χ3v) is 1.30. The summed E-state index contributed by atoms with van der Waals surface area (Å²) in [7, 11) is 0. The number of alkyl halides is 1. The molecule has 0 heterocycles. The van der Waals surface area contributed by atoms with Gasteiger partial charge in [-0.2, -0.15) is 0 Å². The zero-order chi connectivity index (χ0) is 10.1. The molecule has 1 aromatic rings. The zero-order valence-electron chi connectivity index (χ0n) is 7.79. The van der Waals surface area contributed by atoms with Crippen LogP contribution in [0.1, 0.15) is 13.8 Å². The molecule has 3 heteroatoms. The molecule has 0 N–H and O–H groups in total. The molecule has 0 aliphatic rings. The highest BCUT2D eigenvalue weighted by molar-refractivity contribution is 6.26. The van der Waals surface area contributed by atoms with Gasteiger partial charge in [-0.1, -0.05) is 32.0 Å². The Hall–Kier alpha value is -1.02. The fraction of sp³-hybridized carbons (Fsp3) is 0.300. The summed E-state index contributed by atoms with van der Waals surface area (Å²) in [5, 5.41) is 0. The van der Waals surface area contributed by atoms with Gasteiger partial charge in [-0.25, -0.2) is 0 Å². The molecule has 72 valence electrons. The topological polar surface area (TPSA) is 26.3 Å². The van der Waals surface area contributed by atoms with Gasteiger partial charge in [0, 0.05) is 0 Å². The number of hydrogen-bond donors (Lipinski definition) is 0. The minimum Gasteiger partial charge on any atom is -0.426 e. The smallest absolute Gasteiger partial charge is 0.326 e. The quantitative estimate of drug-likeness (QED) is 0.417. The third-order valence-electron chi connectivity index (χ3n) is 1.08. The largest absolute Gasteiger partial charge is 0.426 e. The fourth-order valence-electron chi connectivity index (χ4n) is 0.647. The van der Waals surface area contributed by atoms with Crippen LogP contribution in [0.25, 0.3) is 0 Å².